The van der Waals surface area contributed by atoms with E-state index in [0.717, 1.165) is 17.1 Å². The topological polar surface area (TPSA) is 38.0 Å². The van der Waals surface area contributed by atoms with Gasteiger partial charge in [0.05, 0.1) is 17.1 Å². The molecule has 0 saturated carbocycles. The fourth-order valence-electron chi connectivity index (χ4n) is 1.91. The number of anilines is 3. The van der Waals surface area contributed by atoms with Crippen molar-refractivity contribution in [3.05, 3.63) is 42.0 Å². The first-order valence-electron chi connectivity index (χ1n) is 5.18. The maximum Gasteiger partial charge on any atom is 0.0760 e. The van der Waals surface area contributed by atoms with E-state index in [1.165, 1.54) is 15.4 Å². The summed E-state index contributed by atoms with van der Waals surface area (Å²) in [6.07, 6.45) is 0. The van der Waals surface area contributed by atoms with Crippen LogP contribution in [0.2, 0.25) is 0 Å². The van der Waals surface area contributed by atoms with Crippen LogP contribution in [0.3, 0.4) is 0 Å². The average molecular weight is 228 g/mol. The first kappa shape index (κ1) is 9.60. The minimum atomic E-state index is 0.817. The second kappa shape index (κ2) is 3.46. The van der Waals surface area contributed by atoms with Gasteiger partial charge in [-0.15, -0.1) is 0 Å². The van der Waals surface area contributed by atoms with Crippen LogP contribution in [-0.4, -0.2) is 0 Å². The summed E-state index contributed by atoms with van der Waals surface area (Å²) in [5, 5.41) is 3.39. The molecule has 16 heavy (non-hydrogen) atoms. The summed E-state index contributed by atoms with van der Waals surface area (Å²) in [4.78, 5) is 2.45. The Hall–Kier alpha value is -1.61. The Bertz CT molecular complexity index is 564. The molecule has 0 spiro atoms. The van der Waals surface area contributed by atoms with Crippen molar-refractivity contribution in [2.24, 2.45) is 0 Å². The molecule has 0 radical (unpaired) electrons. The number of benzene rings is 2. The highest BCUT2D eigenvalue weighted by molar-refractivity contribution is 7.99. The molecule has 0 amide bonds. The van der Waals surface area contributed by atoms with Gasteiger partial charge in [0.2, 0.25) is 0 Å². The third kappa shape index (κ3) is 1.44. The standard InChI is InChI=1S/C13H12N2S/c1-8-6-9(14)13-12(7-8)16-11-5-3-2-4-10(11)15-13/h2-7,15H,14H2,1H3. The highest BCUT2D eigenvalue weighted by Gasteiger charge is 2.17. The van der Waals surface area contributed by atoms with Gasteiger partial charge in [0.1, 0.15) is 0 Å². The van der Waals surface area contributed by atoms with Crippen molar-refractivity contribution in [3.63, 3.8) is 0 Å². The lowest BCUT2D eigenvalue weighted by Crippen LogP contribution is -2.03. The monoisotopic (exact) mass is 228 g/mol. The van der Waals surface area contributed by atoms with Gasteiger partial charge in [-0.1, -0.05) is 23.9 Å². The van der Waals surface area contributed by atoms with Crippen molar-refractivity contribution >= 4 is 28.8 Å². The lowest BCUT2D eigenvalue weighted by atomic mass is 10.2. The smallest absolute Gasteiger partial charge is 0.0760 e. The highest BCUT2D eigenvalue weighted by Crippen LogP contribution is 2.46. The van der Waals surface area contributed by atoms with Gasteiger partial charge in [0.15, 0.2) is 0 Å². The van der Waals surface area contributed by atoms with Crippen LogP contribution in [0.15, 0.2) is 46.2 Å². The molecule has 80 valence electrons. The maximum atomic E-state index is 6.02. The zero-order valence-corrected chi connectivity index (χ0v) is 9.77. The Morgan fingerprint density at radius 3 is 2.81 bits per heavy atom. The molecule has 2 nitrogen and oxygen atoms in total. The minimum absolute atomic E-state index is 0.817. The van der Waals surface area contributed by atoms with Gasteiger partial charge in [-0.25, -0.2) is 0 Å². The quantitative estimate of drug-likeness (QED) is 0.575. The van der Waals surface area contributed by atoms with Crippen LogP contribution in [0, 0.1) is 6.92 Å². The summed E-state index contributed by atoms with van der Waals surface area (Å²) in [7, 11) is 0. The van der Waals surface area contributed by atoms with Crippen LogP contribution >= 0.6 is 11.8 Å². The number of nitrogens with one attached hydrogen (secondary N) is 1. The van der Waals surface area contributed by atoms with Gasteiger partial charge < -0.3 is 11.1 Å². The number of para-hydroxylation sites is 1. The van der Waals surface area contributed by atoms with E-state index in [2.05, 4.69) is 36.5 Å². The highest BCUT2D eigenvalue weighted by atomic mass is 32.2. The molecule has 0 saturated heterocycles. The number of aryl methyl sites for hydroxylation is 1. The van der Waals surface area contributed by atoms with Crippen molar-refractivity contribution in [1.82, 2.24) is 0 Å². The molecule has 1 aliphatic heterocycles. The largest absolute Gasteiger partial charge is 0.397 e. The zero-order valence-electron chi connectivity index (χ0n) is 8.95. The van der Waals surface area contributed by atoms with Crippen molar-refractivity contribution in [2.75, 3.05) is 11.1 Å². The molecular formula is C13H12N2S. The molecular weight excluding hydrogens is 216 g/mol. The predicted octanol–water partition coefficient (Wildman–Crippen LogP) is 3.79. The molecule has 0 bridgehead atoms. The Morgan fingerprint density at radius 1 is 1.12 bits per heavy atom. The average Bonchev–Trinajstić information content (AvgIpc) is 2.27. The molecule has 1 heterocycles. The second-order valence-electron chi connectivity index (χ2n) is 3.95. The number of fused-ring (bicyclic) bond motifs is 2. The first-order valence-corrected chi connectivity index (χ1v) is 6.00. The van der Waals surface area contributed by atoms with E-state index >= 15 is 0 Å². The zero-order chi connectivity index (χ0) is 11.1. The number of nitrogen functional groups attached to an aromatic ring is 1. The fraction of sp³-hybridized carbons (Fsp3) is 0.0769. The van der Waals surface area contributed by atoms with Gasteiger partial charge in [-0.2, -0.15) is 0 Å². The van der Waals surface area contributed by atoms with Crippen LogP contribution in [0.1, 0.15) is 5.56 Å². The third-order valence-corrected chi connectivity index (χ3v) is 3.76. The second-order valence-corrected chi connectivity index (χ2v) is 5.03. The predicted molar refractivity (Wildman–Crippen MR) is 69.4 cm³/mol. The first-order chi connectivity index (χ1) is 7.74. The van der Waals surface area contributed by atoms with Gasteiger partial charge in [-0.3, -0.25) is 0 Å². The number of hydrogen-bond donors (Lipinski definition) is 2. The van der Waals surface area contributed by atoms with E-state index in [1.807, 2.05) is 12.1 Å². The van der Waals surface area contributed by atoms with E-state index in [9.17, 15) is 0 Å². The maximum absolute atomic E-state index is 6.02. The van der Waals surface area contributed by atoms with Crippen molar-refractivity contribution in [1.29, 1.82) is 0 Å². The SMILES string of the molecule is Cc1cc(N)c2c(c1)Sc1ccccc1N2. The molecule has 3 heteroatoms. The number of nitrogens with two attached hydrogens (primary N) is 1. The van der Waals surface area contributed by atoms with E-state index in [1.54, 1.807) is 11.8 Å². The summed E-state index contributed by atoms with van der Waals surface area (Å²) < 4.78 is 0. The van der Waals surface area contributed by atoms with E-state index in [4.69, 9.17) is 5.73 Å². The van der Waals surface area contributed by atoms with Crippen LogP contribution in [0.5, 0.6) is 0 Å². The Balaban J connectivity index is 2.15. The summed E-state index contributed by atoms with van der Waals surface area (Å²) >= 11 is 1.77. The van der Waals surface area contributed by atoms with Crippen LogP contribution in [0.25, 0.3) is 0 Å². The molecule has 0 aliphatic carbocycles. The number of rotatable bonds is 0. The van der Waals surface area contributed by atoms with Gasteiger partial charge in [0.25, 0.3) is 0 Å². The van der Waals surface area contributed by atoms with Crippen LogP contribution < -0.4 is 11.1 Å². The lowest BCUT2D eigenvalue weighted by molar-refractivity contribution is 1.29. The molecule has 2 aromatic carbocycles. The lowest BCUT2D eigenvalue weighted by Gasteiger charge is -2.22. The van der Waals surface area contributed by atoms with Crippen molar-refractivity contribution in [3.8, 4) is 0 Å². The normalized spacial score (nSPS) is 12.6. The summed E-state index contributed by atoms with van der Waals surface area (Å²) in [5.74, 6) is 0. The van der Waals surface area contributed by atoms with E-state index in [-0.39, 0.29) is 0 Å². The Morgan fingerprint density at radius 2 is 1.94 bits per heavy atom. The van der Waals surface area contributed by atoms with Crippen LogP contribution in [0.4, 0.5) is 17.1 Å². The van der Waals surface area contributed by atoms with E-state index in [0.29, 0.717) is 0 Å². The fourth-order valence-corrected chi connectivity index (χ4v) is 3.03. The molecule has 1 aliphatic rings. The molecule has 0 atom stereocenters. The minimum Gasteiger partial charge on any atom is -0.397 e. The van der Waals surface area contributed by atoms with E-state index < -0.39 is 0 Å². The summed E-state index contributed by atoms with van der Waals surface area (Å²) in [5.41, 5.74) is 10.2. The Labute approximate surface area is 98.9 Å². The Kier molecular flexibility index (Phi) is 2.07. The molecule has 0 fully saturated rings. The number of hydrogen-bond acceptors (Lipinski definition) is 3. The molecule has 0 aromatic heterocycles. The van der Waals surface area contributed by atoms with Crippen molar-refractivity contribution < 1.29 is 0 Å². The van der Waals surface area contributed by atoms with Gasteiger partial charge >= 0.3 is 0 Å². The molecule has 0 unspecified atom stereocenters. The van der Waals surface area contributed by atoms with Gasteiger partial charge in [0, 0.05) is 9.79 Å². The summed E-state index contributed by atoms with van der Waals surface area (Å²) in [6, 6.07) is 12.4. The molecule has 2 aromatic rings. The van der Waals surface area contributed by atoms with Gasteiger partial charge in [-0.05, 0) is 36.8 Å². The molecule has 3 rings (SSSR count). The van der Waals surface area contributed by atoms with Crippen LogP contribution in [-0.2, 0) is 0 Å². The summed E-state index contributed by atoms with van der Waals surface area (Å²) in [6.45, 7) is 2.07. The third-order valence-electron chi connectivity index (χ3n) is 2.64. The molecule has 3 N–H and O–H groups in total. The van der Waals surface area contributed by atoms with Crippen molar-refractivity contribution in [2.45, 2.75) is 16.7 Å².